The smallest absolute Gasteiger partial charge is 0.485 e. The maximum Gasteiger partial charge on any atom is 0.485 e. The van der Waals surface area contributed by atoms with Gasteiger partial charge in [-0.3, -0.25) is 0 Å². The molecule has 0 N–H and O–H groups in total. The second-order valence-electron chi connectivity index (χ2n) is 8.02. The molecule has 1 spiro atoms. The van der Waals surface area contributed by atoms with Crippen molar-refractivity contribution in [3.05, 3.63) is 59.7 Å². The van der Waals surface area contributed by atoms with E-state index >= 15 is 0 Å². The van der Waals surface area contributed by atoms with Crippen LogP contribution in [0.2, 0.25) is 0 Å². The summed E-state index contributed by atoms with van der Waals surface area (Å²) >= 11 is 0. The van der Waals surface area contributed by atoms with Gasteiger partial charge in [-0.2, -0.15) is 74.9 Å². The molecule has 0 unspecified atom stereocenters. The molecule has 0 atom stereocenters. The number of rotatable bonds is 0. The van der Waals surface area contributed by atoms with Gasteiger partial charge >= 0.3 is 49.1 Å². The van der Waals surface area contributed by atoms with E-state index in [1.807, 2.05) is 0 Å². The van der Waals surface area contributed by atoms with E-state index in [2.05, 4.69) is 9.05 Å². The molecule has 0 saturated heterocycles. The molecule has 0 aromatic heterocycles. The van der Waals surface area contributed by atoms with Gasteiger partial charge in [0.2, 0.25) is 0 Å². The highest BCUT2D eigenvalue weighted by Crippen LogP contribution is 2.80. The van der Waals surface area contributed by atoms with E-state index in [0.717, 1.165) is 24.3 Å². The largest absolute Gasteiger partial charge is 0.741 e. The van der Waals surface area contributed by atoms with Crippen molar-refractivity contribution in [2.24, 2.45) is 0 Å². The van der Waals surface area contributed by atoms with Gasteiger partial charge in [0.05, 0.1) is 11.1 Å². The van der Waals surface area contributed by atoms with Crippen molar-refractivity contribution >= 4 is 28.4 Å². The quantitative estimate of drug-likeness (QED) is 0.145. The van der Waals surface area contributed by atoms with Crippen LogP contribution in [0.5, 0.6) is 0 Å². The Kier molecular flexibility index (Phi) is 7.54. The summed E-state index contributed by atoms with van der Waals surface area (Å²) in [5.74, 6) is 0. The van der Waals surface area contributed by atoms with Gasteiger partial charge in [0, 0.05) is 0 Å². The Bertz CT molecular complexity index is 1310. The second kappa shape index (κ2) is 9.32. The van der Waals surface area contributed by atoms with Crippen LogP contribution in [0.1, 0.15) is 11.1 Å². The summed E-state index contributed by atoms with van der Waals surface area (Å²) in [6.07, 6.45) is -25.3. The SMILES string of the molecule is FC(F)(F)C1(C(F)(F)F)O[P+]2(OC(C(F)(F)F)(C(F)(F)F)c3ccccc32)c2ccccc21.O=S(=O)([O-])C(F)(F)F. The first-order valence-electron chi connectivity index (χ1n) is 9.91. The molecule has 0 bridgehead atoms. The minimum absolute atomic E-state index is 0.290. The molecule has 22 heteroatoms. The van der Waals surface area contributed by atoms with E-state index in [1.165, 1.54) is 0 Å². The molecule has 2 aliphatic rings. The zero-order chi connectivity index (χ0) is 31.9. The van der Waals surface area contributed by atoms with Gasteiger partial charge in [0.1, 0.15) is 0 Å². The first-order chi connectivity index (χ1) is 18.1. The predicted molar refractivity (Wildman–Crippen MR) is 105 cm³/mol. The topological polar surface area (TPSA) is 75.7 Å². The minimum atomic E-state index is -6.31. The first-order valence-corrected chi connectivity index (χ1v) is 12.9. The highest BCUT2D eigenvalue weighted by atomic mass is 32.2. The maximum absolute atomic E-state index is 13.9. The summed E-state index contributed by atoms with van der Waals surface area (Å²) in [5.41, 5.74) is -19.5. The lowest BCUT2D eigenvalue weighted by Crippen LogP contribution is -2.54. The molecule has 2 aromatic rings. The van der Waals surface area contributed by atoms with Crippen molar-refractivity contribution in [1.82, 2.24) is 0 Å². The molecular formula is C19H8F15O5PS. The van der Waals surface area contributed by atoms with Crippen LogP contribution in [-0.4, -0.2) is 43.2 Å². The number of hydrogen-bond donors (Lipinski definition) is 0. The molecule has 2 aromatic carbocycles. The van der Waals surface area contributed by atoms with Crippen LogP contribution in [-0.2, 0) is 30.4 Å². The predicted octanol–water partition coefficient (Wildman–Crippen LogP) is 6.24. The molecule has 2 aliphatic heterocycles. The van der Waals surface area contributed by atoms with Crippen LogP contribution < -0.4 is 10.6 Å². The molecule has 0 aliphatic carbocycles. The van der Waals surface area contributed by atoms with E-state index in [0.29, 0.717) is 12.1 Å². The van der Waals surface area contributed by atoms with Gasteiger partial charge in [-0.15, -0.1) is 0 Å². The maximum atomic E-state index is 13.9. The monoisotopic (exact) mass is 664 g/mol. The van der Waals surface area contributed by atoms with Crippen molar-refractivity contribution in [1.29, 1.82) is 0 Å². The van der Waals surface area contributed by atoms with Crippen LogP contribution in [0.3, 0.4) is 0 Å². The molecule has 0 amide bonds. The van der Waals surface area contributed by atoms with E-state index in [1.54, 1.807) is 0 Å². The number of benzene rings is 2. The summed E-state index contributed by atoms with van der Waals surface area (Å²) in [6.45, 7) is 0. The van der Waals surface area contributed by atoms with Crippen LogP contribution >= 0.6 is 7.72 Å². The van der Waals surface area contributed by atoms with E-state index in [9.17, 15) is 65.9 Å². The Morgan fingerprint density at radius 3 is 1.02 bits per heavy atom. The fourth-order valence-corrected chi connectivity index (χ4v) is 7.76. The molecule has 0 radical (unpaired) electrons. The summed E-state index contributed by atoms with van der Waals surface area (Å²) in [4.78, 5) is 0. The van der Waals surface area contributed by atoms with Crippen molar-refractivity contribution < 1.29 is 87.9 Å². The average molecular weight is 664 g/mol. The summed E-state index contributed by atoms with van der Waals surface area (Å²) in [6, 6.07) is 4.83. The van der Waals surface area contributed by atoms with Crippen LogP contribution in [0.4, 0.5) is 65.9 Å². The Labute approximate surface area is 218 Å². The Balaban J connectivity index is 0.000000507. The van der Waals surface area contributed by atoms with Gasteiger partial charge in [-0.1, -0.05) is 36.4 Å². The third-order valence-electron chi connectivity index (χ3n) is 5.61. The lowest BCUT2D eigenvalue weighted by Gasteiger charge is -2.33. The molecule has 4 rings (SSSR count). The second-order valence-corrected chi connectivity index (χ2v) is 11.8. The Morgan fingerprint density at radius 2 is 0.805 bits per heavy atom. The normalized spacial score (nSPS) is 19.8. The minimum Gasteiger partial charge on any atom is -0.741 e. The van der Waals surface area contributed by atoms with Gasteiger partial charge in [-0.05, 0) is 12.1 Å². The van der Waals surface area contributed by atoms with E-state index in [4.69, 9.17) is 13.0 Å². The van der Waals surface area contributed by atoms with Gasteiger partial charge < -0.3 is 4.55 Å². The number of fused-ring (bicyclic) bond motifs is 4. The molecular weight excluding hydrogens is 656 g/mol. The van der Waals surface area contributed by atoms with E-state index < -0.39 is 81.0 Å². The lowest BCUT2D eigenvalue weighted by atomic mass is 9.92. The van der Waals surface area contributed by atoms with Gasteiger partial charge in [0.25, 0.3) is 0 Å². The Morgan fingerprint density at radius 1 is 0.561 bits per heavy atom. The molecule has 0 saturated carbocycles. The standard InChI is InChI=1S/C18H8F12O2P.CHF3O3S/c19-15(20,21)13(16(22,23)24)9-5-1-3-7-11(9)33(31-13)12-8-4-2-6-10(12)14(32-33,17(25,26)27)18(28,29)30;2-1(3,4)8(5,6)7/h1-8H;(H,5,6,7)/q+1;/p-1. The Hall–Kier alpha value is -2.35. The van der Waals surface area contributed by atoms with Gasteiger partial charge in [-0.25, -0.2) is 8.42 Å². The fourth-order valence-electron chi connectivity index (χ4n) is 4.02. The highest BCUT2D eigenvalue weighted by molar-refractivity contribution is 7.86. The molecule has 2 heterocycles. The van der Waals surface area contributed by atoms with Crippen molar-refractivity contribution in [2.45, 2.75) is 41.4 Å². The molecule has 41 heavy (non-hydrogen) atoms. The third kappa shape index (κ3) is 4.72. The zero-order valence-corrected chi connectivity index (χ0v) is 20.4. The summed E-state index contributed by atoms with van der Waals surface area (Å²) < 4.78 is 235. The zero-order valence-electron chi connectivity index (χ0n) is 18.7. The van der Waals surface area contributed by atoms with Crippen molar-refractivity contribution in [2.75, 3.05) is 0 Å². The third-order valence-corrected chi connectivity index (χ3v) is 9.29. The van der Waals surface area contributed by atoms with Crippen LogP contribution in [0.15, 0.2) is 48.5 Å². The molecule has 5 nitrogen and oxygen atoms in total. The fraction of sp³-hybridized carbons (Fsp3) is 0.368. The van der Waals surface area contributed by atoms with Crippen LogP contribution in [0, 0.1) is 0 Å². The molecule has 0 fully saturated rings. The number of alkyl halides is 15. The van der Waals surface area contributed by atoms with Crippen molar-refractivity contribution in [3.8, 4) is 0 Å². The average Bonchev–Trinajstić information content (AvgIpc) is 3.25. The van der Waals surface area contributed by atoms with Crippen LogP contribution in [0.25, 0.3) is 0 Å². The summed E-state index contributed by atoms with van der Waals surface area (Å²) in [5, 5.41) is -2.36. The van der Waals surface area contributed by atoms with Gasteiger partial charge in [0.15, 0.2) is 20.7 Å². The highest BCUT2D eigenvalue weighted by Gasteiger charge is 2.91. The molecule has 230 valence electrons. The van der Waals surface area contributed by atoms with Crippen molar-refractivity contribution in [3.63, 3.8) is 0 Å². The van der Waals surface area contributed by atoms with E-state index in [-0.39, 0.29) is 12.1 Å². The summed E-state index contributed by atoms with van der Waals surface area (Å²) in [7, 11) is -11.6. The lowest BCUT2D eigenvalue weighted by molar-refractivity contribution is -0.374. The number of hydrogen-bond acceptors (Lipinski definition) is 5. The number of halogens is 15. The first kappa shape index (κ1) is 33.2.